The molecule has 3 fully saturated rings. The number of hydrogen-bond donors (Lipinski definition) is 3. The molecular formula is C48H51F4N11O5. The van der Waals surface area contributed by atoms with E-state index in [0.29, 0.717) is 19.0 Å². The number of aromatic nitrogens is 5. The zero-order valence-corrected chi connectivity index (χ0v) is 37.8. The Kier molecular flexibility index (Phi) is 12.5. The van der Waals surface area contributed by atoms with Crippen LogP contribution in [0.2, 0.25) is 0 Å². The van der Waals surface area contributed by atoms with Gasteiger partial charge >= 0.3 is 6.18 Å². The quantitative estimate of drug-likeness (QED) is 0.109. The number of carbonyl (C=O) groups excluding carboxylic acids is 5. The first kappa shape index (κ1) is 46.3. The Hall–Kier alpha value is -6.80. The lowest BCUT2D eigenvalue weighted by atomic mass is 9.92. The van der Waals surface area contributed by atoms with Gasteiger partial charge in [0.25, 0.3) is 17.7 Å². The van der Waals surface area contributed by atoms with Gasteiger partial charge in [0.15, 0.2) is 5.82 Å². The van der Waals surface area contributed by atoms with Crippen LogP contribution in [0.1, 0.15) is 93.4 Å². The number of aryl methyl sites for hydroxylation is 1. The Bertz CT molecular complexity index is 2770. The first-order chi connectivity index (χ1) is 32.4. The Morgan fingerprint density at radius 1 is 0.838 bits per heavy atom. The highest BCUT2D eigenvalue weighted by Gasteiger charge is 2.51. The van der Waals surface area contributed by atoms with Gasteiger partial charge in [-0.3, -0.25) is 49.1 Å². The topological polar surface area (TPSA) is 182 Å². The zero-order valence-electron chi connectivity index (χ0n) is 37.8. The fourth-order valence-corrected chi connectivity index (χ4v) is 9.36. The van der Waals surface area contributed by atoms with Gasteiger partial charge in [-0.2, -0.15) is 23.4 Å². The molecule has 1 unspecified atom stereocenters. The maximum absolute atomic E-state index is 15.5. The molecule has 1 atom stereocenters. The number of amides is 5. The fraction of sp³-hybridized carbons (Fsp3) is 0.417. The summed E-state index contributed by atoms with van der Waals surface area (Å²) in [7, 11) is 0. The molecule has 0 radical (unpaired) electrons. The Morgan fingerprint density at radius 3 is 2.21 bits per heavy atom. The summed E-state index contributed by atoms with van der Waals surface area (Å²) in [6.07, 6.45) is 0.669. The second-order valence-electron chi connectivity index (χ2n) is 18.6. The van der Waals surface area contributed by atoms with E-state index in [1.165, 1.54) is 17.8 Å². The first-order valence-electron chi connectivity index (χ1n) is 22.7. The molecule has 0 bridgehead atoms. The van der Waals surface area contributed by atoms with Crippen LogP contribution < -0.4 is 15.5 Å². The normalized spacial score (nSPS) is 18.9. The molecule has 356 valence electrons. The summed E-state index contributed by atoms with van der Waals surface area (Å²) >= 11 is 0. The van der Waals surface area contributed by atoms with Crippen molar-refractivity contribution < 1.29 is 41.5 Å². The number of fused-ring (bicyclic) bond motifs is 1. The predicted molar refractivity (Wildman–Crippen MR) is 240 cm³/mol. The van der Waals surface area contributed by atoms with Gasteiger partial charge in [0.2, 0.25) is 11.8 Å². The number of carbonyl (C=O) groups is 5. The summed E-state index contributed by atoms with van der Waals surface area (Å²) in [6, 6.07) is 16.0. The van der Waals surface area contributed by atoms with Crippen molar-refractivity contribution >= 4 is 35.2 Å². The second-order valence-corrected chi connectivity index (χ2v) is 18.6. The summed E-state index contributed by atoms with van der Waals surface area (Å²) in [5, 5.41) is 15.4. The lowest BCUT2D eigenvalue weighted by molar-refractivity contribution is -0.182. The van der Waals surface area contributed by atoms with Crippen molar-refractivity contribution in [1.82, 2.24) is 50.3 Å². The number of rotatable bonds is 12. The molecule has 4 aliphatic rings. The molecule has 68 heavy (non-hydrogen) atoms. The number of piperidine rings is 2. The molecule has 6 heterocycles. The van der Waals surface area contributed by atoms with E-state index >= 15 is 4.39 Å². The first-order valence-corrected chi connectivity index (χ1v) is 22.7. The number of nitrogens with one attached hydrogen (secondary N) is 3. The van der Waals surface area contributed by atoms with E-state index in [1.807, 2.05) is 24.0 Å². The van der Waals surface area contributed by atoms with Gasteiger partial charge in [-0.15, -0.1) is 0 Å². The van der Waals surface area contributed by atoms with E-state index < -0.39 is 58.8 Å². The van der Waals surface area contributed by atoms with E-state index in [-0.39, 0.29) is 47.6 Å². The highest BCUT2D eigenvalue weighted by molar-refractivity contribution is 6.23. The van der Waals surface area contributed by atoms with Crippen molar-refractivity contribution in [1.29, 1.82) is 0 Å². The number of likely N-dealkylation sites (tertiary alicyclic amines) is 1. The molecule has 0 spiro atoms. The second kappa shape index (κ2) is 18.4. The number of H-pyrrole nitrogens is 1. The van der Waals surface area contributed by atoms with Gasteiger partial charge in [0, 0.05) is 51.9 Å². The number of hydrogen-bond acceptors (Lipinski definition) is 11. The summed E-state index contributed by atoms with van der Waals surface area (Å²) < 4.78 is 57.3. The smallest absolute Gasteiger partial charge is 0.367 e. The number of halogens is 4. The minimum absolute atomic E-state index is 0.0102. The van der Waals surface area contributed by atoms with Crippen molar-refractivity contribution in [2.75, 3.05) is 50.7 Å². The molecule has 16 nitrogen and oxygen atoms in total. The number of alkyl halides is 3. The van der Waals surface area contributed by atoms with Gasteiger partial charge in [-0.1, -0.05) is 30.3 Å². The van der Waals surface area contributed by atoms with Gasteiger partial charge in [-0.05, 0) is 106 Å². The number of imide groups is 2. The average molecular weight is 938 g/mol. The van der Waals surface area contributed by atoms with Crippen molar-refractivity contribution in [3.05, 3.63) is 112 Å². The molecule has 3 N–H and O–H groups in total. The molecule has 9 rings (SSSR count). The lowest BCUT2D eigenvalue weighted by Crippen LogP contribution is -2.54. The van der Waals surface area contributed by atoms with Crippen LogP contribution in [0.25, 0.3) is 16.8 Å². The molecule has 3 saturated heterocycles. The number of benzene rings is 3. The number of piperazine rings is 1. The third-order valence-electron chi connectivity index (χ3n) is 13.6. The molecule has 3 aromatic carbocycles. The molecule has 2 aromatic heterocycles. The monoisotopic (exact) mass is 937 g/mol. The number of nitrogens with zero attached hydrogens (tertiary/aromatic N) is 8. The predicted octanol–water partition coefficient (Wildman–Crippen LogP) is 5.31. The van der Waals surface area contributed by atoms with Crippen molar-refractivity contribution in [2.24, 2.45) is 5.92 Å². The maximum Gasteiger partial charge on any atom is 0.401 e. The van der Waals surface area contributed by atoms with Crippen LogP contribution in [0.4, 0.5) is 23.2 Å². The average Bonchev–Trinajstić information content (AvgIpc) is 4.06. The largest absolute Gasteiger partial charge is 0.401 e. The van der Waals surface area contributed by atoms with Crippen LogP contribution in [0, 0.1) is 18.7 Å². The van der Waals surface area contributed by atoms with Gasteiger partial charge in [-0.25, -0.2) is 14.1 Å². The van der Waals surface area contributed by atoms with Crippen molar-refractivity contribution in [2.45, 2.75) is 77.2 Å². The Labute approximate surface area is 389 Å². The van der Waals surface area contributed by atoms with Crippen molar-refractivity contribution in [3.63, 3.8) is 0 Å². The SMILES string of the molecule is Cc1cc(-c2ccc(CN3CCC(CN4CCN(c5cc6c(cc5F)C(=O)N(C5CCC(=O)NC5=O)C6=O)CC4)CC3)cc2)ccc1-n1cc(C(=O)NCc2nc(C(C)(C)C(F)(F)F)n[nH]2)cn1. The Morgan fingerprint density at radius 2 is 1.53 bits per heavy atom. The molecule has 4 aliphatic heterocycles. The third-order valence-corrected chi connectivity index (χ3v) is 13.6. The van der Waals surface area contributed by atoms with Crippen molar-refractivity contribution in [3.8, 4) is 16.8 Å². The van der Waals surface area contributed by atoms with E-state index in [9.17, 15) is 37.1 Å². The van der Waals surface area contributed by atoms with Gasteiger partial charge < -0.3 is 10.2 Å². The van der Waals surface area contributed by atoms with Crippen LogP contribution in [0.3, 0.4) is 0 Å². The molecule has 5 aromatic rings. The number of aromatic amines is 1. The van der Waals surface area contributed by atoms with Crippen LogP contribution in [0.5, 0.6) is 0 Å². The summed E-state index contributed by atoms with van der Waals surface area (Å²) in [4.78, 5) is 75.0. The molecule has 0 saturated carbocycles. The maximum atomic E-state index is 15.5. The fourth-order valence-electron chi connectivity index (χ4n) is 9.36. The summed E-state index contributed by atoms with van der Waals surface area (Å²) in [6.45, 7) is 10.2. The van der Waals surface area contributed by atoms with Crippen LogP contribution >= 0.6 is 0 Å². The zero-order chi connectivity index (χ0) is 48.1. The third kappa shape index (κ3) is 9.25. The van der Waals surface area contributed by atoms with E-state index in [4.69, 9.17) is 0 Å². The van der Waals surface area contributed by atoms with Crippen LogP contribution in [0.15, 0.2) is 67.0 Å². The van der Waals surface area contributed by atoms with Crippen LogP contribution in [-0.2, 0) is 28.1 Å². The molecule has 0 aliphatic carbocycles. The van der Waals surface area contributed by atoms with E-state index in [0.717, 1.165) is 99.3 Å². The molecule has 20 heteroatoms. The van der Waals surface area contributed by atoms with Crippen LogP contribution in [-0.4, -0.2) is 127 Å². The van der Waals surface area contributed by atoms with Gasteiger partial charge in [0.05, 0.1) is 40.8 Å². The lowest BCUT2D eigenvalue weighted by Gasteiger charge is -2.39. The highest BCUT2D eigenvalue weighted by atomic mass is 19.4. The molecule has 5 amide bonds. The summed E-state index contributed by atoms with van der Waals surface area (Å²) in [5.41, 5.74) is 3.34. The van der Waals surface area contributed by atoms with Gasteiger partial charge in [0.1, 0.15) is 23.1 Å². The summed E-state index contributed by atoms with van der Waals surface area (Å²) in [5.74, 6) is -3.36. The van der Waals surface area contributed by atoms with E-state index in [1.54, 1.807) is 10.9 Å². The van der Waals surface area contributed by atoms with E-state index in [2.05, 4.69) is 71.0 Å². The standard InChI is InChI=1S/C48H51F4N11O5/c1-28-20-32(8-9-37(28)62-27-33(23-54-62)42(65)53-24-40-55-46(58-57-40)47(2,3)48(50,51)52)31-6-4-29(5-7-31)25-59-14-12-30(13-15-59)26-60-16-18-61(19-17-60)39-22-35-34(21-36(39)49)44(67)63(45(35)68)38-10-11-41(64)56-43(38)66/h4-9,20-23,27,30,38H,10-19,24-26H2,1-3H3,(H,53,65)(H,55,57,58)(H,56,64,66). The highest BCUT2D eigenvalue weighted by Crippen LogP contribution is 2.39. The number of anilines is 1. The minimum atomic E-state index is -4.54. The minimum Gasteiger partial charge on any atom is -0.367 e. The molecular weight excluding hydrogens is 887 g/mol. The Balaban J connectivity index is 0.719.